The number of rotatable bonds is 3. The number of pyridine rings is 1. The fourth-order valence-corrected chi connectivity index (χ4v) is 3.34. The number of aromatic nitrogens is 1. The molecule has 4 rings (SSSR count). The van der Waals surface area contributed by atoms with Gasteiger partial charge in [0.25, 0.3) is 5.69 Å². The highest BCUT2D eigenvalue weighted by molar-refractivity contribution is 6.00. The molecular weight excluding hydrogens is 376 g/mol. The maximum Gasteiger partial charge on any atom is 0.270 e. The zero-order valence-electron chi connectivity index (χ0n) is 15.0. The molecule has 0 saturated heterocycles. The Bertz CT molecular complexity index is 1160. The quantitative estimate of drug-likeness (QED) is 0.347. The van der Waals surface area contributed by atoms with Crippen LogP contribution in [0.3, 0.4) is 0 Å². The zero-order chi connectivity index (χ0) is 19.0. The van der Waals surface area contributed by atoms with Crippen molar-refractivity contribution in [2.45, 2.75) is 6.92 Å². The predicted octanol–water partition coefficient (Wildman–Crippen LogP) is 5.91. The predicted molar refractivity (Wildman–Crippen MR) is 113 cm³/mol. The van der Waals surface area contributed by atoms with Gasteiger partial charge in [-0.1, -0.05) is 30.3 Å². The molecule has 0 aliphatic carbocycles. The minimum atomic E-state index is -0.391. The number of nitro groups is 1. The number of nitrogens with zero attached hydrogens (tertiary/aromatic N) is 2. The summed E-state index contributed by atoms with van der Waals surface area (Å²) in [6.45, 7) is 1.97. The minimum absolute atomic E-state index is 0. The fraction of sp³-hybridized carbons (Fsp3) is 0.0455. The van der Waals surface area contributed by atoms with Crippen LogP contribution < -0.4 is 0 Å². The molecular formula is C22H17ClN2O3. The molecule has 0 bridgehead atoms. The van der Waals surface area contributed by atoms with Gasteiger partial charge >= 0.3 is 0 Å². The first-order chi connectivity index (χ1) is 13.0. The maximum atomic E-state index is 11.3. The van der Waals surface area contributed by atoms with E-state index in [1.807, 2.05) is 49.4 Å². The van der Waals surface area contributed by atoms with Crippen LogP contribution in [0.15, 0.2) is 72.8 Å². The van der Waals surface area contributed by atoms with E-state index in [-0.39, 0.29) is 23.8 Å². The molecule has 0 atom stereocenters. The Morgan fingerprint density at radius 2 is 1.61 bits per heavy atom. The molecule has 28 heavy (non-hydrogen) atoms. The van der Waals surface area contributed by atoms with Gasteiger partial charge in [0.05, 0.1) is 16.1 Å². The Morgan fingerprint density at radius 1 is 0.929 bits per heavy atom. The summed E-state index contributed by atoms with van der Waals surface area (Å²) in [7, 11) is 0. The van der Waals surface area contributed by atoms with Crippen molar-refractivity contribution in [3.05, 3.63) is 88.5 Å². The number of nitro benzene ring substituents is 1. The fourth-order valence-electron chi connectivity index (χ4n) is 3.34. The van der Waals surface area contributed by atoms with Crippen molar-refractivity contribution >= 4 is 29.0 Å². The van der Waals surface area contributed by atoms with Crippen LogP contribution in [0.5, 0.6) is 5.75 Å². The third-order valence-corrected chi connectivity index (χ3v) is 4.63. The summed E-state index contributed by atoms with van der Waals surface area (Å²) >= 11 is 0. The smallest absolute Gasteiger partial charge is 0.270 e. The molecule has 5 nitrogen and oxygen atoms in total. The van der Waals surface area contributed by atoms with E-state index in [9.17, 15) is 15.2 Å². The number of halogens is 1. The normalized spacial score (nSPS) is 10.5. The summed E-state index contributed by atoms with van der Waals surface area (Å²) in [5.41, 5.74) is 5.22. The molecule has 3 aromatic carbocycles. The summed E-state index contributed by atoms with van der Waals surface area (Å²) in [4.78, 5) is 15.6. The van der Waals surface area contributed by atoms with E-state index in [2.05, 4.69) is 0 Å². The molecule has 0 fully saturated rings. The summed E-state index contributed by atoms with van der Waals surface area (Å²) < 4.78 is 0. The largest absolute Gasteiger partial charge is 0.508 e. The number of non-ortho nitro benzene ring substituents is 1. The zero-order valence-corrected chi connectivity index (χ0v) is 15.8. The van der Waals surface area contributed by atoms with E-state index in [1.54, 1.807) is 24.3 Å². The highest BCUT2D eigenvalue weighted by atomic mass is 35.5. The lowest BCUT2D eigenvalue weighted by atomic mass is 9.92. The van der Waals surface area contributed by atoms with Gasteiger partial charge in [0.15, 0.2) is 0 Å². The highest BCUT2D eigenvalue weighted by Gasteiger charge is 2.17. The van der Waals surface area contributed by atoms with Crippen molar-refractivity contribution in [1.29, 1.82) is 0 Å². The van der Waals surface area contributed by atoms with Gasteiger partial charge < -0.3 is 5.11 Å². The molecule has 0 saturated carbocycles. The van der Waals surface area contributed by atoms with Crippen molar-refractivity contribution in [3.63, 3.8) is 0 Å². The second-order valence-corrected chi connectivity index (χ2v) is 6.33. The Balaban J connectivity index is 0.00000225. The van der Waals surface area contributed by atoms with Crippen LogP contribution in [0.1, 0.15) is 5.56 Å². The molecule has 6 heteroatoms. The van der Waals surface area contributed by atoms with Gasteiger partial charge in [-0.2, -0.15) is 0 Å². The summed E-state index contributed by atoms with van der Waals surface area (Å²) in [5.74, 6) is 0.191. The summed E-state index contributed by atoms with van der Waals surface area (Å²) in [5, 5.41) is 21.6. The topological polar surface area (TPSA) is 76.3 Å². The average Bonchev–Trinajstić information content (AvgIpc) is 2.68. The molecule has 1 aromatic heterocycles. The van der Waals surface area contributed by atoms with Crippen LogP contribution in [0.25, 0.3) is 33.3 Å². The second kappa shape index (κ2) is 7.66. The van der Waals surface area contributed by atoms with Crippen LogP contribution in [0.2, 0.25) is 0 Å². The van der Waals surface area contributed by atoms with Crippen LogP contribution in [-0.4, -0.2) is 15.0 Å². The van der Waals surface area contributed by atoms with E-state index in [4.69, 9.17) is 4.98 Å². The number of phenolic OH excluding ortho intramolecular Hbond substituents is 1. The van der Waals surface area contributed by atoms with Crippen LogP contribution in [-0.2, 0) is 0 Å². The van der Waals surface area contributed by atoms with Crippen molar-refractivity contribution in [2.75, 3.05) is 0 Å². The lowest BCUT2D eigenvalue weighted by Gasteiger charge is -2.15. The number of hydrogen-bond acceptors (Lipinski definition) is 4. The Morgan fingerprint density at radius 3 is 2.25 bits per heavy atom. The van der Waals surface area contributed by atoms with Crippen molar-refractivity contribution in [2.24, 2.45) is 0 Å². The molecule has 0 radical (unpaired) electrons. The summed E-state index contributed by atoms with van der Waals surface area (Å²) in [6, 6.07) is 21.4. The van der Waals surface area contributed by atoms with Gasteiger partial charge in [0.1, 0.15) is 5.75 Å². The molecule has 0 aliphatic rings. The highest BCUT2D eigenvalue weighted by Crippen LogP contribution is 2.37. The van der Waals surface area contributed by atoms with Gasteiger partial charge in [-0.25, -0.2) is 4.98 Å². The lowest BCUT2D eigenvalue weighted by molar-refractivity contribution is -0.384. The van der Waals surface area contributed by atoms with Gasteiger partial charge in [0.2, 0.25) is 0 Å². The third-order valence-electron chi connectivity index (χ3n) is 4.63. The average molecular weight is 393 g/mol. The van der Waals surface area contributed by atoms with Crippen LogP contribution in [0.4, 0.5) is 5.69 Å². The van der Waals surface area contributed by atoms with E-state index in [0.717, 1.165) is 33.3 Å². The number of benzene rings is 3. The standard InChI is InChI=1S/C22H16N2O3.ClH/c1-14-21(15-5-3-2-4-6-15)19-13-17(24(26)27)9-12-20(19)23-22(14)16-7-10-18(25)11-8-16;/h2-13,25H,1H3;1H. The number of phenols is 1. The van der Waals surface area contributed by atoms with Gasteiger partial charge in [0, 0.05) is 23.1 Å². The monoisotopic (exact) mass is 392 g/mol. The first kappa shape index (κ1) is 19.3. The Kier molecular flexibility index (Phi) is 5.29. The molecule has 0 spiro atoms. The first-order valence-electron chi connectivity index (χ1n) is 8.48. The van der Waals surface area contributed by atoms with E-state index in [0.29, 0.717) is 5.52 Å². The SMILES string of the molecule is Cc1c(-c2ccc(O)cc2)nc2ccc([N+](=O)[O-])cc2c1-c1ccccc1.Cl. The number of fused-ring (bicyclic) bond motifs is 1. The molecule has 1 N–H and O–H groups in total. The Labute approximate surface area is 167 Å². The number of hydrogen-bond donors (Lipinski definition) is 1. The van der Waals surface area contributed by atoms with E-state index < -0.39 is 4.92 Å². The van der Waals surface area contributed by atoms with E-state index in [1.165, 1.54) is 6.07 Å². The molecule has 0 unspecified atom stereocenters. The maximum absolute atomic E-state index is 11.3. The molecule has 1 heterocycles. The Hall–Kier alpha value is -3.44. The lowest BCUT2D eigenvalue weighted by Crippen LogP contribution is -1.96. The number of aromatic hydroxyl groups is 1. The first-order valence-corrected chi connectivity index (χ1v) is 8.48. The molecule has 0 amide bonds. The third kappa shape index (κ3) is 3.40. The van der Waals surface area contributed by atoms with Gasteiger partial charge in [-0.3, -0.25) is 10.1 Å². The molecule has 0 aliphatic heterocycles. The van der Waals surface area contributed by atoms with Crippen LogP contribution in [0, 0.1) is 17.0 Å². The van der Waals surface area contributed by atoms with Gasteiger partial charge in [-0.05, 0) is 53.9 Å². The van der Waals surface area contributed by atoms with Crippen LogP contribution >= 0.6 is 12.4 Å². The van der Waals surface area contributed by atoms with Crippen molar-refractivity contribution < 1.29 is 10.0 Å². The molecule has 4 aromatic rings. The minimum Gasteiger partial charge on any atom is -0.508 e. The van der Waals surface area contributed by atoms with Crippen molar-refractivity contribution in [3.8, 4) is 28.1 Å². The molecule has 140 valence electrons. The van der Waals surface area contributed by atoms with Crippen molar-refractivity contribution in [1.82, 2.24) is 4.98 Å². The van der Waals surface area contributed by atoms with Gasteiger partial charge in [-0.15, -0.1) is 12.4 Å². The van der Waals surface area contributed by atoms with E-state index >= 15 is 0 Å². The second-order valence-electron chi connectivity index (χ2n) is 6.33. The summed E-state index contributed by atoms with van der Waals surface area (Å²) in [6.07, 6.45) is 0.